The number of carbonyl (C=O) groups excluding carboxylic acids is 1. The summed E-state index contributed by atoms with van der Waals surface area (Å²) in [6.07, 6.45) is 0. The summed E-state index contributed by atoms with van der Waals surface area (Å²) in [4.78, 5) is 11.9. The normalized spacial score (nSPS) is 10.1. The number of aromatic hydroxyl groups is 1. The number of nitrogens with two attached hydrogens (primary N) is 1. The molecular formula is C13H11ClN2O2. The molecule has 0 aliphatic heterocycles. The van der Waals surface area contributed by atoms with Crippen LogP contribution in [0.15, 0.2) is 42.5 Å². The van der Waals surface area contributed by atoms with Crippen molar-refractivity contribution >= 4 is 28.9 Å². The number of carbonyl (C=O) groups is 1. The molecule has 2 aromatic carbocycles. The molecule has 0 atom stereocenters. The Morgan fingerprint density at radius 1 is 1.22 bits per heavy atom. The fraction of sp³-hybridized carbons (Fsp3) is 0. The first-order valence-electron chi connectivity index (χ1n) is 5.21. The van der Waals surface area contributed by atoms with Gasteiger partial charge in [-0.05, 0) is 36.4 Å². The highest BCUT2D eigenvalue weighted by atomic mass is 35.5. The van der Waals surface area contributed by atoms with Crippen LogP contribution in [0.25, 0.3) is 0 Å². The molecule has 92 valence electrons. The number of rotatable bonds is 2. The van der Waals surface area contributed by atoms with Gasteiger partial charge in [0.05, 0.1) is 5.56 Å². The van der Waals surface area contributed by atoms with Gasteiger partial charge < -0.3 is 16.2 Å². The number of phenolic OH excluding ortho intramolecular Hbond substituents is 1. The Balaban J connectivity index is 2.24. The number of benzene rings is 2. The van der Waals surface area contributed by atoms with Gasteiger partial charge in [-0.15, -0.1) is 0 Å². The highest BCUT2D eigenvalue weighted by Crippen LogP contribution is 2.23. The standard InChI is InChI=1S/C13H11ClN2O2/c14-8-4-5-12(17)11(6-8)13(18)16-10-3-1-2-9(15)7-10/h1-7,17H,15H2,(H,16,18). The van der Waals surface area contributed by atoms with E-state index >= 15 is 0 Å². The Kier molecular flexibility index (Phi) is 3.39. The molecule has 0 saturated carbocycles. The molecule has 0 fully saturated rings. The van der Waals surface area contributed by atoms with Gasteiger partial charge in [-0.25, -0.2) is 0 Å². The lowest BCUT2D eigenvalue weighted by atomic mass is 10.2. The Bertz CT molecular complexity index is 599. The van der Waals surface area contributed by atoms with Crippen LogP contribution < -0.4 is 11.1 Å². The molecule has 0 aliphatic rings. The van der Waals surface area contributed by atoms with Crippen molar-refractivity contribution in [3.8, 4) is 5.75 Å². The number of nitrogen functional groups attached to an aromatic ring is 1. The first kappa shape index (κ1) is 12.3. The summed E-state index contributed by atoms with van der Waals surface area (Å²) in [5.41, 5.74) is 6.82. The summed E-state index contributed by atoms with van der Waals surface area (Å²) in [5.74, 6) is -0.568. The van der Waals surface area contributed by atoms with Gasteiger partial charge in [0.15, 0.2) is 0 Å². The number of halogens is 1. The monoisotopic (exact) mass is 262 g/mol. The molecule has 4 N–H and O–H groups in total. The van der Waals surface area contributed by atoms with E-state index in [1.165, 1.54) is 18.2 Å². The third-order valence-electron chi connectivity index (χ3n) is 2.35. The maximum absolute atomic E-state index is 11.9. The zero-order chi connectivity index (χ0) is 13.1. The van der Waals surface area contributed by atoms with E-state index in [2.05, 4.69) is 5.32 Å². The minimum Gasteiger partial charge on any atom is -0.507 e. The van der Waals surface area contributed by atoms with E-state index < -0.39 is 5.91 Å². The van der Waals surface area contributed by atoms with Gasteiger partial charge in [-0.1, -0.05) is 17.7 Å². The van der Waals surface area contributed by atoms with Crippen LogP contribution in [-0.2, 0) is 0 Å². The third-order valence-corrected chi connectivity index (χ3v) is 2.58. The second kappa shape index (κ2) is 4.98. The minimum atomic E-state index is -0.444. The van der Waals surface area contributed by atoms with Crippen molar-refractivity contribution in [1.29, 1.82) is 0 Å². The van der Waals surface area contributed by atoms with Crippen molar-refractivity contribution in [1.82, 2.24) is 0 Å². The lowest BCUT2D eigenvalue weighted by Crippen LogP contribution is -2.12. The summed E-state index contributed by atoms with van der Waals surface area (Å²) in [6.45, 7) is 0. The first-order valence-corrected chi connectivity index (χ1v) is 5.59. The molecule has 1 amide bonds. The van der Waals surface area contributed by atoms with E-state index in [0.717, 1.165) is 0 Å². The summed E-state index contributed by atoms with van der Waals surface area (Å²) in [7, 11) is 0. The van der Waals surface area contributed by atoms with Crippen LogP contribution >= 0.6 is 11.6 Å². The van der Waals surface area contributed by atoms with Gasteiger partial charge >= 0.3 is 0 Å². The van der Waals surface area contributed by atoms with Gasteiger partial charge in [-0.3, -0.25) is 4.79 Å². The predicted molar refractivity (Wildman–Crippen MR) is 71.9 cm³/mol. The van der Waals surface area contributed by atoms with E-state index in [1.54, 1.807) is 24.3 Å². The topological polar surface area (TPSA) is 75.3 Å². The molecule has 18 heavy (non-hydrogen) atoms. The van der Waals surface area contributed by atoms with Crippen molar-refractivity contribution in [3.63, 3.8) is 0 Å². The zero-order valence-electron chi connectivity index (χ0n) is 9.35. The molecule has 4 nitrogen and oxygen atoms in total. The SMILES string of the molecule is Nc1cccc(NC(=O)c2cc(Cl)ccc2O)c1. The third kappa shape index (κ3) is 2.73. The van der Waals surface area contributed by atoms with Gasteiger partial charge in [0, 0.05) is 16.4 Å². The van der Waals surface area contributed by atoms with Crippen LogP contribution in [0.3, 0.4) is 0 Å². The number of phenols is 1. The molecule has 0 aliphatic carbocycles. The maximum atomic E-state index is 11.9. The van der Waals surface area contributed by atoms with Crippen LogP contribution in [-0.4, -0.2) is 11.0 Å². The van der Waals surface area contributed by atoms with E-state index in [0.29, 0.717) is 16.4 Å². The molecule has 5 heteroatoms. The van der Waals surface area contributed by atoms with Crippen molar-refractivity contribution in [2.24, 2.45) is 0 Å². The molecule has 0 unspecified atom stereocenters. The van der Waals surface area contributed by atoms with Crippen LogP contribution in [0.1, 0.15) is 10.4 Å². The number of hydrogen-bond acceptors (Lipinski definition) is 3. The first-order chi connectivity index (χ1) is 8.56. The van der Waals surface area contributed by atoms with Crippen molar-refractivity contribution in [3.05, 3.63) is 53.1 Å². The average Bonchev–Trinajstić information content (AvgIpc) is 2.32. The largest absolute Gasteiger partial charge is 0.507 e. The number of amides is 1. The van der Waals surface area contributed by atoms with Crippen LogP contribution in [0.2, 0.25) is 5.02 Å². The Morgan fingerprint density at radius 3 is 2.72 bits per heavy atom. The van der Waals surface area contributed by atoms with Crippen LogP contribution in [0.4, 0.5) is 11.4 Å². The minimum absolute atomic E-state index is 0.116. The fourth-order valence-electron chi connectivity index (χ4n) is 1.50. The molecule has 0 bridgehead atoms. The maximum Gasteiger partial charge on any atom is 0.259 e. The van der Waals surface area contributed by atoms with Crippen LogP contribution in [0, 0.1) is 0 Å². The zero-order valence-corrected chi connectivity index (χ0v) is 10.1. The van der Waals surface area contributed by atoms with E-state index in [1.807, 2.05) is 0 Å². The second-order valence-electron chi connectivity index (χ2n) is 3.74. The molecular weight excluding hydrogens is 252 g/mol. The Hall–Kier alpha value is -2.20. The number of anilines is 2. The van der Waals surface area contributed by atoms with E-state index in [4.69, 9.17) is 17.3 Å². The molecule has 2 rings (SSSR count). The van der Waals surface area contributed by atoms with Gasteiger partial charge in [0.25, 0.3) is 5.91 Å². The molecule has 0 heterocycles. The van der Waals surface area contributed by atoms with Crippen molar-refractivity contribution in [2.45, 2.75) is 0 Å². The van der Waals surface area contributed by atoms with Crippen molar-refractivity contribution in [2.75, 3.05) is 11.1 Å². The lowest BCUT2D eigenvalue weighted by molar-refractivity contribution is 0.102. The number of nitrogens with one attached hydrogen (secondary N) is 1. The van der Waals surface area contributed by atoms with Gasteiger partial charge in [0.2, 0.25) is 0 Å². The van der Waals surface area contributed by atoms with Gasteiger partial charge in [0.1, 0.15) is 5.75 Å². The lowest BCUT2D eigenvalue weighted by Gasteiger charge is -2.07. The van der Waals surface area contributed by atoms with E-state index in [-0.39, 0.29) is 11.3 Å². The van der Waals surface area contributed by atoms with Crippen molar-refractivity contribution < 1.29 is 9.90 Å². The highest BCUT2D eigenvalue weighted by molar-refractivity contribution is 6.31. The van der Waals surface area contributed by atoms with E-state index in [9.17, 15) is 9.90 Å². The fourth-order valence-corrected chi connectivity index (χ4v) is 1.68. The summed E-state index contributed by atoms with van der Waals surface area (Å²) in [6, 6.07) is 11.0. The molecule has 0 saturated heterocycles. The molecule has 2 aromatic rings. The number of hydrogen-bond donors (Lipinski definition) is 3. The average molecular weight is 263 g/mol. The Labute approximate surface area is 109 Å². The van der Waals surface area contributed by atoms with Crippen LogP contribution in [0.5, 0.6) is 5.75 Å². The van der Waals surface area contributed by atoms with Gasteiger partial charge in [-0.2, -0.15) is 0 Å². The highest BCUT2D eigenvalue weighted by Gasteiger charge is 2.11. The summed E-state index contributed by atoms with van der Waals surface area (Å²) in [5, 5.41) is 12.6. The molecule has 0 spiro atoms. The smallest absolute Gasteiger partial charge is 0.259 e. The summed E-state index contributed by atoms with van der Waals surface area (Å²) >= 11 is 5.78. The quantitative estimate of drug-likeness (QED) is 0.729. The summed E-state index contributed by atoms with van der Waals surface area (Å²) < 4.78 is 0. The predicted octanol–water partition coefficient (Wildman–Crippen LogP) is 2.88. The molecule has 0 aromatic heterocycles. The Morgan fingerprint density at radius 2 is 2.00 bits per heavy atom. The second-order valence-corrected chi connectivity index (χ2v) is 4.18. The molecule has 0 radical (unpaired) electrons.